The van der Waals surface area contributed by atoms with Crippen LogP contribution in [0.5, 0.6) is 0 Å². The molecule has 0 fully saturated rings. The van der Waals surface area contributed by atoms with E-state index in [0.29, 0.717) is 25.9 Å². The summed E-state index contributed by atoms with van der Waals surface area (Å²) in [6.45, 7) is 6.92. The summed E-state index contributed by atoms with van der Waals surface area (Å²) in [5.41, 5.74) is 5.30. The van der Waals surface area contributed by atoms with Crippen molar-refractivity contribution in [3.63, 3.8) is 0 Å². The predicted molar refractivity (Wildman–Crippen MR) is 63.2 cm³/mol. The molecule has 0 aliphatic carbocycles. The van der Waals surface area contributed by atoms with Crippen molar-refractivity contribution in [2.24, 2.45) is 5.73 Å². The molecular formula is C12H22N2O. The Morgan fingerprint density at radius 3 is 2.27 bits per heavy atom. The molecule has 0 bridgehead atoms. The maximum absolute atomic E-state index is 12.1. The van der Waals surface area contributed by atoms with Gasteiger partial charge in [-0.2, -0.15) is 0 Å². The van der Waals surface area contributed by atoms with E-state index in [1.807, 2.05) is 20.8 Å². The molecule has 15 heavy (non-hydrogen) atoms. The maximum Gasteiger partial charge on any atom is 0.243 e. The van der Waals surface area contributed by atoms with Crippen LogP contribution >= 0.6 is 0 Å². The van der Waals surface area contributed by atoms with Gasteiger partial charge in [0.1, 0.15) is 0 Å². The summed E-state index contributed by atoms with van der Waals surface area (Å²) in [5.74, 6) is 2.48. The molecule has 0 saturated carbocycles. The van der Waals surface area contributed by atoms with Crippen LogP contribution in [0.3, 0.4) is 0 Å². The van der Waals surface area contributed by atoms with Gasteiger partial charge in [0.15, 0.2) is 0 Å². The highest BCUT2D eigenvalue weighted by Crippen LogP contribution is 2.15. The predicted octanol–water partition coefficient (Wildman–Crippen LogP) is 1.38. The number of hydrogen-bond acceptors (Lipinski definition) is 2. The number of terminal acetylenes is 1. The van der Waals surface area contributed by atoms with Gasteiger partial charge in [0.25, 0.3) is 0 Å². The summed E-state index contributed by atoms with van der Waals surface area (Å²) >= 11 is 0. The molecule has 0 heterocycles. The largest absolute Gasteiger partial charge is 0.330 e. The zero-order valence-electron chi connectivity index (χ0n) is 10.0. The smallest absolute Gasteiger partial charge is 0.243 e. The van der Waals surface area contributed by atoms with Gasteiger partial charge in [-0.3, -0.25) is 4.79 Å². The normalized spacial score (nSPS) is 10.9. The van der Waals surface area contributed by atoms with E-state index in [1.54, 1.807) is 4.90 Å². The van der Waals surface area contributed by atoms with Gasteiger partial charge in [-0.1, -0.05) is 26.7 Å². The lowest BCUT2D eigenvalue weighted by Crippen LogP contribution is -2.54. The Hall–Kier alpha value is -1.01. The molecule has 0 rings (SSSR count). The molecule has 3 nitrogen and oxygen atoms in total. The maximum atomic E-state index is 12.1. The van der Waals surface area contributed by atoms with Crippen molar-refractivity contribution in [1.82, 2.24) is 4.90 Å². The van der Waals surface area contributed by atoms with Crippen molar-refractivity contribution in [2.45, 2.75) is 45.6 Å². The van der Waals surface area contributed by atoms with Crippen molar-refractivity contribution < 1.29 is 4.79 Å². The van der Waals surface area contributed by atoms with Crippen molar-refractivity contribution >= 4 is 5.91 Å². The quantitative estimate of drug-likeness (QED) is 0.673. The molecule has 0 aromatic heterocycles. The van der Waals surface area contributed by atoms with Crippen LogP contribution < -0.4 is 5.73 Å². The number of nitrogens with zero attached hydrogens (tertiary/aromatic N) is 1. The molecule has 0 spiro atoms. The Morgan fingerprint density at radius 1 is 1.40 bits per heavy atom. The number of hydrogen-bond donors (Lipinski definition) is 1. The fourth-order valence-electron chi connectivity index (χ4n) is 1.50. The number of carbonyl (C=O) groups excluding carboxylic acids is 1. The third-order valence-corrected chi connectivity index (χ3v) is 2.75. The minimum atomic E-state index is -0.744. The molecule has 2 N–H and O–H groups in total. The van der Waals surface area contributed by atoms with E-state index < -0.39 is 5.54 Å². The van der Waals surface area contributed by atoms with E-state index in [2.05, 4.69) is 5.92 Å². The van der Waals surface area contributed by atoms with E-state index in [4.69, 9.17) is 12.2 Å². The van der Waals surface area contributed by atoms with Crippen LogP contribution in [0.15, 0.2) is 0 Å². The van der Waals surface area contributed by atoms with Crippen LogP contribution in [0.1, 0.15) is 40.0 Å². The third kappa shape index (κ3) is 3.56. The number of carbonyl (C=O) groups is 1. The fourth-order valence-corrected chi connectivity index (χ4v) is 1.50. The summed E-state index contributed by atoms with van der Waals surface area (Å²) in [7, 11) is 0. The van der Waals surface area contributed by atoms with E-state index in [1.165, 1.54) is 0 Å². The second-order valence-electron chi connectivity index (χ2n) is 3.79. The third-order valence-electron chi connectivity index (χ3n) is 2.75. The van der Waals surface area contributed by atoms with E-state index in [0.717, 1.165) is 6.42 Å². The van der Waals surface area contributed by atoms with Crippen LogP contribution in [0.2, 0.25) is 0 Å². The summed E-state index contributed by atoms with van der Waals surface area (Å²) in [6, 6.07) is 0. The number of nitrogens with two attached hydrogens (primary N) is 1. The zero-order chi connectivity index (χ0) is 11.9. The first-order valence-corrected chi connectivity index (χ1v) is 5.57. The van der Waals surface area contributed by atoms with Crippen LogP contribution in [-0.4, -0.2) is 29.4 Å². The highest BCUT2D eigenvalue weighted by molar-refractivity contribution is 5.86. The Balaban J connectivity index is 4.68. The van der Waals surface area contributed by atoms with Gasteiger partial charge in [0.05, 0.1) is 12.1 Å². The molecule has 1 amide bonds. The number of rotatable bonds is 6. The second kappa shape index (κ2) is 6.47. The molecule has 0 aromatic rings. The topological polar surface area (TPSA) is 46.3 Å². The molecule has 86 valence electrons. The molecule has 0 aliphatic rings. The van der Waals surface area contributed by atoms with Crippen molar-refractivity contribution in [1.29, 1.82) is 0 Å². The molecule has 0 saturated heterocycles. The molecule has 0 atom stereocenters. The first-order chi connectivity index (χ1) is 7.05. The minimum Gasteiger partial charge on any atom is -0.330 e. The van der Waals surface area contributed by atoms with Gasteiger partial charge < -0.3 is 10.6 Å². The lowest BCUT2D eigenvalue weighted by atomic mass is 9.92. The number of amides is 1. The van der Waals surface area contributed by atoms with Gasteiger partial charge in [-0.15, -0.1) is 6.42 Å². The van der Waals surface area contributed by atoms with E-state index in [-0.39, 0.29) is 5.91 Å². The molecule has 3 heteroatoms. The Labute approximate surface area is 93.0 Å². The van der Waals surface area contributed by atoms with E-state index >= 15 is 0 Å². The second-order valence-corrected chi connectivity index (χ2v) is 3.79. The van der Waals surface area contributed by atoms with Crippen LogP contribution in [-0.2, 0) is 4.79 Å². The van der Waals surface area contributed by atoms with Gasteiger partial charge in [0, 0.05) is 6.54 Å². The highest BCUT2D eigenvalue weighted by atomic mass is 16.2. The summed E-state index contributed by atoms with van der Waals surface area (Å²) < 4.78 is 0. The Bertz CT molecular complexity index is 238. The van der Waals surface area contributed by atoms with Crippen molar-refractivity contribution in [3.8, 4) is 12.3 Å². The Morgan fingerprint density at radius 2 is 1.93 bits per heavy atom. The van der Waals surface area contributed by atoms with Crippen LogP contribution in [0, 0.1) is 12.3 Å². The standard InChI is InChI=1S/C12H22N2O/c1-5-9-14(10-6-2)11(15)12(13,7-3)8-4/h1H,6-10,13H2,2-4H3. The lowest BCUT2D eigenvalue weighted by Gasteiger charge is -2.31. The summed E-state index contributed by atoms with van der Waals surface area (Å²) in [4.78, 5) is 13.8. The minimum absolute atomic E-state index is 0.0210. The van der Waals surface area contributed by atoms with Crippen LogP contribution in [0.25, 0.3) is 0 Å². The van der Waals surface area contributed by atoms with Gasteiger partial charge in [0.2, 0.25) is 5.91 Å². The summed E-state index contributed by atoms with van der Waals surface area (Å²) in [6.07, 6.45) is 7.43. The van der Waals surface area contributed by atoms with Gasteiger partial charge in [-0.05, 0) is 19.3 Å². The molecule has 0 aliphatic heterocycles. The monoisotopic (exact) mass is 210 g/mol. The van der Waals surface area contributed by atoms with Crippen LogP contribution in [0.4, 0.5) is 0 Å². The highest BCUT2D eigenvalue weighted by Gasteiger charge is 2.33. The SMILES string of the molecule is C#CCN(CCC)C(=O)C(N)(CC)CC. The van der Waals surface area contributed by atoms with Crippen molar-refractivity contribution in [2.75, 3.05) is 13.1 Å². The van der Waals surface area contributed by atoms with E-state index in [9.17, 15) is 4.79 Å². The average molecular weight is 210 g/mol. The van der Waals surface area contributed by atoms with Gasteiger partial charge in [-0.25, -0.2) is 0 Å². The van der Waals surface area contributed by atoms with Crippen molar-refractivity contribution in [3.05, 3.63) is 0 Å². The van der Waals surface area contributed by atoms with Gasteiger partial charge >= 0.3 is 0 Å². The molecule has 0 aromatic carbocycles. The first kappa shape index (κ1) is 14.0. The Kier molecular flexibility index (Phi) is 6.03. The lowest BCUT2D eigenvalue weighted by molar-refractivity contribution is -0.136. The molecular weight excluding hydrogens is 188 g/mol. The first-order valence-electron chi connectivity index (χ1n) is 5.57. The average Bonchev–Trinajstić information content (AvgIpc) is 2.26. The fraction of sp³-hybridized carbons (Fsp3) is 0.750. The molecule has 0 unspecified atom stereocenters. The summed E-state index contributed by atoms with van der Waals surface area (Å²) in [5, 5.41) is 0. The molecule has 0 radical (unpaired) electrons. The zero-order valence-corrected chi connectivity index (χ0v) is 10.0.